The van der Waals surface area contributed by atoms with Crippen LogP contribution in [-0.2, 0) is 14.8 Å². The molecule has 0 saturated carbocycles. The van der Waals surface area contributed by atoms with Crippen LogP contribution in [0.3, 0.4) is 0 Å². The summed E-state index contributed by atoms with van der Waals surface area (Å²) in [5.74, 6) is -0.646. The molecule has 2 aliphatic rings. The van der Waals surface area contributed by atoms with Gasteiger partial charge in [-0.05, 0) is 44.0 Å². The summed E-state index contributed by atoms with van der Waals surface area (Å²) in [5.41, 5.74) is 1.39. The third kappa shape index (κ3) is 4.42. The van der Waals surface area contributed by atoms with Crippen LogP contribution in [0.5, 0.6) is 0 Å². The first-order chi connectivity index (χ1) is 16.3. The summed E-state index contributed by atoms with van der Waals surface area (Å²) in [6.45, 7) is 4.88. The number of rotatable bonds is 4. The standard InChI is InChI=1S/C24H27FN4O3S2/c1-17-7-9-19(10-8-17)34(31,32)29-11-3-4-18(16-29)23(30)27-12-14-28(15-13-27)24-26-22-20(25)5-2-6-21(22)33-24/h2,5-10,18H,3-4,11-16H2,1H3. The molecule has 2 fully saturated rings. The third-order valence-electron chi connectivity index (χ3n) is 6.61. The molecule has 2 aromatic carbocycles. The van der Waals surface area contributed by atoms with E-state index in [1.165, 1.54) is 21.7 Å². The Morgan fingerprint density at radius 2 is 1.79 bits per heavy atom. The van der Waals surface area contributed by atoms with Crippen molar-refractivity contribution in [2.24, 2.45) is 5.92 Å². The van der Waals surface area contributed by atoms with Gasteiger partial charge in [0.25, 0.3) is 0 Å². The lowest BCUT2D eigenvalue weighted by Gasteiger charge is -2.38. The number of piperazine rings is 1. The highest BCUT2D eigenvalue weighted by molar-refractivity contribution is 7.89. The van der Waals surface area contributed by atoms with Gasteiger partial charge in [0.1, 0.15) is 11.3 Å². The average Bonchev–Trinajstić information content (AvgIpc) is 3.30. The van der Waals surface area contributed by atoms with Crippen LogP contribution in [0.4, 0.5) is 9.52 Å². The van der Waals surface area contributed by atoms with E-state index < -0.39 is 10.0 Å². The maximum atomic E-state index is 14.0. The molecule has 5 rings (SSSR count). The predicted octanol–water partition coefficient (Wildman–Crippen LogP) is 3.49. The molecule has 0 radical (unpaired) electrons. The molecule has 3 aromatic rings. The molecule has 1 amide bonds. The molecule has 0 spiro atoms. The maximum Gasteiger partial charge on any atom is 0.243 e. The Labute approximate surface area is 202 Å². The van der Waals surface area contributed by atoms with Crippen molar-refractivity contribution in [2.45, 2.75) is 24.7 Å². The Hall–Kier alpha value is -2.56. The predicted molar refractivity (Wildman–Crippen MR) is 131 cm³/mol. The molecule has 3 heterocycles. The Morgan fingerprint density at radius 1 is 1.06 bits per heavy atom. The lowest BCUT2D eigenvalue weighted by atomic mass is 9.98. The van der Waals surface area contributed by atoms with Crippen LogP contribution in [0, 0.1) is 18.7 Å². The van der Waals surface area contributed by atoms with Crippen LogP contribution in [0.25, 0.3) is 10.2 Å². The Bertz CT molecular complexity index is 1300. The van der Waals surface area contributed by atoms with Crippen LogP contribution in [0.1, 0.15) is 18.4 Å². The van der Waals surface area contributed by atoms with Crippen LogP contribution in [0.2, 0.25) is 0 Å². The molecule has 1 atom stereocenters. The summed E-state index contributed by atoms with van der Waals surface area (Å²) in [5, 5.41) is 0.764. The second kappa shape index (κ2) is 9.24. The monoisotopic (exact) mass is 502 g/mol. The SMILES string of the molecule is Cc1ccc(S(=O)(=O)N2CCCC(C(=O)N3CCN(c4nc5c(F)cccc5s4)CC3)C2)cc1. The summed E-state index contributed by atoms with van der Waals surface area (Å²) < 4.78 is 42.5. The highest BCUT2D eigenvalue weighted by atomic mass is 32.2. The van der Waals surface area contributed by atoms with Crippen LogP contribution in [-0.4, -0.2) is 67.8 Å². The van der Waals surface area contributed by atoms with Gasteiger partial charge >= 0.3 is 0 Å². The van der Waals surface area contributed by atoms with Gasteiger partial charge in [-0.3, -0.25) is 4.79 Å². The molecular weight excluding hydrogens is 475 g/mol. The van der Waals surface area contributed by atoms with E-state index in [1.54, 1.807) is 30.3 Å². The summed E-state index contributed by atoms with van der Waals surface area (Å²) in [7, 11) is -3.62. The zero-order chi connectivity index (χ0) is 23.9. The molecule has 2 saturated heterocycles. The normalized spacial score (nSPS) is 20.1. The second-order valence-corrected chi connectivity index (χ2v) is 11.9. The number of anilines is 1. The van der Waals surface area contributed by atoms with Gasteiger partial charge in [-0.1, -0.05) is 35.1 Å². The summed E-state index contributed by atoms with van der Waals surface area (Å²) in [4.78, 5) is 21.9. The van der Waals surface area contributed by atoms with Crippen molar-refractivity contribution in [3.8, 4) is 0 Å². The van der Waals surface area contributed by atoms with Gasteiger partial charge < -0.3 is 9.80 Å². The summed E-state index contributed by atoms with van der Waals surface area (Å²) >= 11 is 1.46. The highest BCUT2D eigenvalue weighted by Gasteiger charge is 2.36. The number of sulfonamides is 1. The molecule has 0 bridgehead atoms. The number of nitrogens with zero attached hydrogens (tertiary/aromatic N) is 4. The molecule has 7 nitrogen and oxygen atoms in total. The number of hydrogen-bond acceptors (Lipinski definition) is 6. The van der Waals surface area contributed by atoms with Gasteiger partial charge in [0.15, 0.2) is 5.13 Å². The van der Waals surface area contributed by atoms with E-state index in [0.717, 1.165) is 15.4 Å². The number of thiazole rings is 1. The van der Waals surface area contributed by atoms with E-state index in [2.05, 4.69) is 9.88 Å². The number of fused-ring (bicyclic) bond motifs is 1. The van der Waals surface area contributed by atoms with Gasteiger partial charge in [-0.25, -0.2) is 17.8 Å². The van der Waals surface area contributed by atoms with E-state index >= 15 is 0 Å². The first kappa shape index (κ1) is 23.2. The number of carbonyl (C=O) groups is 1. The number of aryl methyl sites for hydroxylation is 1. The molecule has 2 aliphatic heterocycles. The number of halogens is 1. The van der Waals surface area contributed by atoms with E-state index in [0.29, 0.717) is 51.1 Å². The van der Waals surface area contributed by atoms with Crippen molar-refractivity contribution < 1.29 is 17.6 Å². The fraction of sp³-hybridized carbons (Fsp3) is 0.417. The van der Waals surface area contributed by atoms with Crippen molar-refractivity contribution in [1.29, 1.82) is 0 Å². The third-order valence-corrected chi connectivity index (χ3v) is 9.57. The molecular formula is C24H27FN4O3S2. The topological polar surface area (TPSA) is 73.8 Å². The molecule has 180 valence electrons. The number of carbonyl (C=O) groups excluding carboxylic acids is 1. The molecule has 1 unspecified atom stereocenters. The minimum Gasteiger partial charge on any atom is -0.345 e. The summed E-state index contributed by atoms with van der Waals surface area (Å²) in [6.07, 6.45) is 1.36. The minimum atomic E-state index is -3.62. The van der Waals surface area contributed by atoms with E-state index in [9.17, 15) is 17.6 Å². The smallest absolute Gasteiger partial charge is 0.243 e. The maximum absolute atomic E-state index is 14.0. The highest BCUT2D eigenvalue weighted by Crippen LogP contribution is 2.31. The van der Waals surface area contributed by atoms with Crippen LogP contribution >= 0.6 is 11.3 Å². The number of piperidine rings is 1. The van der Waals surface area contributed by atoms with Crippen LogP contribution in [0.15, 0.2) is 47.4 Å². The number of aromatic nitrogens is 1. The van der Waals surface area contributed by atoms with Crippen molar-refractivity contribution in [3.05, 3.63) is 53.8 Å². The van der Waals surface area contributed by atoms with E-state index in [1.807, 2.05) is 17.9 Å². The second-order valence-electron chi connectivity index (χ2n) is 8.91. The van der Waals surface area contributed by atoms with Gasteiger partial charge in [-0.15, -0.1) is 0 Å². The van der Waals surface area contributed by atoms with Gasteiger partial charge in [0, 0.05) is 39.3 Å². The van der Waals surface area contributed by atoms with Crippen molar-refractivity contribution in [1.82, 2.24) is 14.2 Å². The number of benzene rings is 2. The summed E-state index contributed by atoms with van der Waals surface area (Å²) in [6, 6.07) is 11.8. The minimum absolute atomic E-state index is 0.0128. The fourth-order valence-corrected chi connectivity index (χ4v) is 7.19. The first-order valence-corrected chi connectivity index (χ1v) is 13.7. The van der Waals surface area contributed by atoms with Gasteiger partial charge in [-0.2, -0.15) is 4.31 Å². The fourth-order valence-electron chi connectivity index (χ4n) is 4.64. The van der Waals surface area contributed by atoms with Crippen molar-refractivity contribution >= 4 is 42.6 Å². The Kier molecular flexibility index (Phi) is 6.30. The number of amides is 1. The molecule has 0 N–H and O–H groups in total. The average molecular weight is 503 g/mol. The van der Waals surface area contributed by atoms with Gasteiger partial charge in [0.05, 0.1) is 15.5 Å². The van der Waals surface area contributed by atoms with Gasteiger partial charge in [0.2, 0.25) is 15.9 Å². The zero-order valence-corrected chi connectivity index (χ0v) is 20.6. The first-order valence-electron chi connectivity index (χ1n) is 11.5. The Morgan fingerprint density at radius 3 is 2.50 bits per heavy atom. The molecule has 10 heteroatoms. The Balaban J connectivity index is 1.22. The molecule has 1 aromatic heterocycles. The number of para-hydroxylation sites is 1. The quantitative estimate of drug-likeness (QED) is 0.546. The van der Waals surface area contributed by atoms with Crippen LogP contribution < -0.4 is 4.90 Å². The number of hydrogen-bond donors (Lipinski definition) is 0. The molecule has 34 heavy (non-hydrogen) atoms. The largest absolute Gasteiger partial charge is 0.345 e. The van der Waals surface area contributed by atoms with E-state index in [-0.39, 0.29) is 29.1 Å². The van der Waals surface area contributed by atoms with E-state index in [4.69, 9.17) is 0 Å². The van der Waals surface area contributed by atoms with Crippen molar-refractivity contribution in [2.75, 3.05) is 44.2 Å². The van der Waals surface area contributed by atoms with Crippen molar-refractivity contribution in [3.63, 3.8) is 0 Å². The zero-order valence-electron chi connectivity index (χ0n) is 19.0. The lowest BCUT2D eigenvalue weighted by Crippen LogP contribution is -2.53. The lowest BCUT2D eigenvalue weighted by molar-refractivity contribution is -0.137. The molecule has 0 aliphatic carbocycles.